The van der Waals surface area contributed by atoms with Crippen molar-refractivity contribution in [2.45, 2.75) is 31.5 Å². The van der Waals surface area contributed by atoms with Crippen molar-refractivity contribution < 1.29 is 14.3 Å². The van der Waals surface area contributed by atoms with E-state index in [1.165, 1.54) is 0 Å². The lowest BCUT2D eigenvalue weighted by molar-refractivity contribution is -0.152. The third kappa shape index (κ3) is 3.50. The van der Waals surface area contributed by atoms with Crippen LogP contribution in [0.15, 0.2) is 18.2 Å². The number of anilines is 1. The zero-order valence-corrected chi connectivity index (χ0v) is 13.6. The predicted molar refractivity (Wildman–Crippen MR) is 82.7 cm³/mol. The lowest BCUT2D eigenvalue weighted by Gasteiger charge is -2.12. The lowest BCUT2D eigenvalue weighted by atomic mass is 10.1. The van der Waals surface area contributed by atoms with Crippen LogP contribution >= 0.6 is 23.2 Å². The summed E-state index contributed by atoms with van der Waals surface area (Å²) in [4.78, 5) is 23.6. The van der Waals surface area contributed by atoms with Crippen molar-refractivity contribution >= 4 is 40.8 Å². The number of rotatable bonds is 4. The number of carbonyl (C=O) groups excluding carboxylic acids is 2. The summed E-state index contributed by atoms with van der Waals surface area (Å²) in [5.74, 6) is -0.949. The van der Waals surface area contributed by atoms with E-state index in [-0.39, 0.29) is 6.61 Å². The van der Waals surface area contributed by atoms with Crippen LogP contribution < -0.4 is 5.32 Å². The van der Waals surface area contributed by atoms with E-state index in [1.807, 2.05) is 32.0 Å². The van der Waals surface area contributed by atoms with Crippen molar-refractivity contribution in [3.8, 4) is 0 Å². The van der Waals surface area contributed by atoms with E-state index in [2.05, 4.69) is 5.32 Å². The molecule has 1 atom stereocenters. The molecule has 2 rings (SSSR count). The Labute approximate surface area is 133 Å². The zero-order valence-electron chi connectivity index (χ0n) is 12.1. The molecule has 0 aromatic heterocycles. The highest BCUT2D eigenvalue weighted by molar-refractivity contribution is 6.53. The molecule has 114 valence electrons. The summed E-state index contributed by atoms with van der Waals surface area (Å²) in [6, 6.07) is 5.69. The summed E-state index contributed by atoms with van der Waals surface area (Å²) in [6.45, 7) is 5.15. The van der Waals surface area contributed by atoms with Gasteiger partial charge in [-0.2, -0.15) is 0 Å². The molecule has 0 unspecified atom stereocenters. The number of halogens is 2. The van der Waals surface area contributed by atoms with Gasteiger partial charge in [-0.1, -0.05) is 6.07 Å². The number of hydrogen-bond donors (Lipinski definition) is 1. The maximum atomic E-state index is 11.8. The van der Waals surface area contributed by atoms with Gasteiger partial charge in [-0.3, -0.25) is 9.59 Å². The van der Waals surface area contributed by atoms with Gasteiger partial charge < -0.3 is 10.1 Å². The van der Waals surface area contributed by atoms with Crippen molar-refractivity contribution in [3.05, 3.63) is 29.3 Å². The molecule has 1 aliphatic rings. The highest BCUT2D eigenvalue weighted by atomic mass is 35.5. The van der Waals surface area contributed by atoms with Gasteiger partial charge in [0.15, 0.2) is 6.61 Å². The van der Waals surface area contributed by atoms with Crippen LogP contribution in [0.3, 0.4) is 0 Å². The highest BCUT2D eigenvalue weighted by Gasteiger charge is 2.69. The van der Waals surface area contributed by atoms with Crippen molar-refractivity contribution in [3.63, 3.8) is 0 Å². The normalized spacial score (nSPS) is 22.5. The molecule has 1 amide bonds. The van der Waals surface area contributed by atoms with E-state index in [9.17, 15) is 9.59 Å². The van der Waals surface area contributed by atoms with Gasteiger partial charge in [-0.15, -0.1) is 23.2 Å². The molecule has 21 heavy (non-hydrogen) atoms. The Balaban J connectivity index is 1.87. The van der Waals surface area contributed by atoms with Crippen LogP contribution in [-0.2, 0) is 14.3 Å². The summed E-state index contributed by atoms with van der Waals surface area (Å²) < 4.78 is 3.89. The average molecular weight is 330 g/mol. The van der Waals surface area contributed by atoms with Crippen LogP contribution in [0.1, 0.15) is 24.5 Å². The maximum absolute atomic E-state index is 11.8. The third-order valence-corrected chi connectivity index (χ3v) is 4.65. The molecule has 6 heteroatoms. The fourth-order valence-electron chi connectivity index (χ4n) is 2.16. The Kier molecular flexibility index (Phi) is 4.22. The summed E-state index contributed by atoms with van der Waals surface area (Å²) in [7, 11) is 0. The van der Waals surface area contributed by atoms with Crippen molar-refractivity contribution in [1.29, 1.82) is 0 Å². The Hall–Kier alpha value is -1.26. The number of carbonyl (C=O) groups is 2. The van der Waals surface area contributed by atoms with Crippen LogP contribution in [0.25, 0.3) is 0 Å². The molecule has 1 aromatic rings. The van der Waals surface area contributed by atoms with Gasteiger partial charge in [-0.05, 0) is 44.0 Å². The Morgan fingerprint density at radius 1 is 1.24 bits per heavy atom. The van der Waals surface area contributed by atoms with Crippen LogP contribution in [0.5, 0.6) is 0 Å². The summed E-state index contributed by atoms with van der Waals surface area (Å²) in [6.07, 6.45) is 0.334. The topological polar surface area (TPSA) is 55.4 Å². The minimum Gasteiger partial charge on any atom is -0.455 e. The number of hydrogen-bond acceptors (Lipinski definition) is 3. The first-order chi connectivity index (χ1) is 9.64. The van der Waals surface area contributed by atoms with E-state index >= 15 is 0 Å². The van der Waals surface area contributed by atoms with Crippen molar-refractivity contribution in [1.82, 2.24) is 0 Å². The monoisotopic (exact) mass is 329 g/mol. The number of aryl methyl sites for hydroxylation is 2. The van der Waals surface area contributed by atoms with Crippen molar-refractivity contribution in [2.75, 3.05) is 11.9 Å². The number of nitrogens with one attached hydrogen (secondary N) is 1. The van der Waals surface area contributed by atoms with Crippen LogP contribution in [0, 0.1) is 19.3 Å². The molecule has 0 spiro atoms. The fraction of sp³-hybridized carbons (Fsp3) is 0.467. The quantitative estimate of drug-likeness (QED) is 0.680. The van der Waals surface area contributed by atoms with E-state index < -0.39 is 21.6 Å². The Morgan fingerprint density at radius 3 is 2.24 bits per heavy atom. The minimum atomic E-state index is -1.09. The number of benzene rings is 1. The SMILES string of the molecule is Cc1cc(C)cc(NC(=O)COC(=O)[C@]2(C)CC2(Cl)Cl)c1. The van der Waals surface area contributed by atoms with Crippen LogP contribution in [0.4, 0.5) is 5.69 Å². The zero-order chi connectivity index (χ0) is 15.8. The van der Waals surface area contributed by atoms with Crippen molar-refractivity contribution in [2.24, 2.45) is 5.41 Å². The molecule has 0 aliphatic heterocycles. The Bertz CT molecular complexity index is 580. The summed E-state index contributed by atoms with van der Waals surface area (Å²) in [5, 5.41) is 2.69. The summed E-state index contributed by atoms with van der Waals surface area (Å²) >= 11 is 11.8. The maximum Gasteiger partial charge on any atom is 0.315 e. The number of esters is 1. The first-order valence-corrected chi connectivity index (χ1v) is 7.33. The highest BCUT2D eigenvalue weighted by Crippen LogP contribution is 2.64. The fourth-order valence-corrected chi connectivity index (χ4v) is 2.84. The number of ether oxygens (including phenoxy) is 1. The molecule has 1 saturated carbocycles. The molecule has 1 aliphatic carbocycles. The molecule has 4 nitrogen and oxygen atoms in total. The molecule has 0 saturated heterocycles. The van der Waals surface area contributed by atoms with Crippen LogP contribution in [0.2, 0.25) is 0 Å². The third-order valence-electron chi connectivity index (χ3n) is 3.55. The van der Waals surface area contributed by atoms with Gasteiger partial charge in [0.2, 0.25) is 0 Å². The second-order valence-corrected chi connectivity index (χ2v) is 7.20. The first kappa shape index (κ1) is 16.1. The van der Waals surface area contributed by atoms with Gasteiger partial charge in [0, 0.05) is 12.1 Å². The molecule has 1 fully saturated rings. The van der Waals surface area contributed by atoms with Crippen LogP contribution in [-0.4, -0.2) is 22.8 Å². The Morgan fingerprint density at radius 2 is 1.76 bits per heavy atom. The average Bonchev–Trinajstić information content (AvgIpc) is 2.85. The standard InChI is InChI=1S/C15H17Cl2NO3/c1-9-4-10(2)6-11(5-9)18-12(19)7-21-13(20)14(3)8-15(14,16)17/h4-6H,7-8H2,1-3H3,(H,18,19)/t14-/m0/s1. The van der Waals surface area contributed by atoms with Gasteiger partial charge >= 0.3 is 5.97 Å². The molecule has 0 bridgehead atoms. The number of amides is 1. The molecule has 1 aromatic carbocycles. The second-order valence-electron chi connectivity index (χ2n) is 5.71. The smallest absolute Gasteiger partial charge is 0.315 e. The molecule has 1 N–H and O–H groups in total. The molecular formula is C15H17Cl2NO3. The van der Waals surface area contributed by atoms with E-state index in [0.29, 0.717) is 12.1 Å². The summed E-state index contributed by atoms with van der Waals surface area (Å²) in [5.41, 5.74) is 1.84. The minimum absolute atomic E-state index is 0.334. The first-order valence-electron chi connectivity index (χ1n) is 6.57. The van der Waals surface area contributed by atoms with E-state index in [0.717, 1.165) is 11.1 Å². The largest absolute Gasteiger partial charge is 0.455 e. The van der Waals surface area contributed by atoms with E-state index in [4.69, 9.17) is 27.9 Å². The van der Waals surface area contributed by atoms with Gasteiger partial charge in [0.05, 0.1) is 0 Å². The van der Waals surface area contributed by atoms with Gasteiger partial charge in [0.1, 0.15) is 9.75 Å². The molecule has 0 radical (unpaired) electrons. The molecule has 0 heterocycles. The van der Waals surface area contributed by atoms with Gasteiger partial charge in [-0.25, -0.2) is 0 Å². The molecular weight excluding hydrogens is 313 g/mol. The van der Waals surface area contributed by atoms with E-state index in [1.54, 1.807) is 6.92 Å². The predicted octanol–water partition coefficient (Wildman–Crippen LogP) is 3.37. The second kappa shape index (κ2) is 5.50. The van der Waals surface area contributed by atoms with Gasteiger partial charge in [0.25, 0.3) is 5.91 Å². The lowest BCUT2D eigenvalue weighted by Crippen LogP contribution is -2.26. The number of alkyl halides is 2.